The van der Waals surface area contributed by atoms with Gasteiger partial charge in [0.05, 0.1) is 0 Å². The molecule has 0 saturated heterocycles. The van der Waals surface area contributed by atoms with Crippen molar-refractivity contribution in [3.63, 3.8) is 0 Å². The fraction of sp³-hybridized carbons (Fsp3) is 0.708. The Kier molecular flexibility index (Phi) is 13.5. The van der Waals surface area contributed by atoms with E-state index in [-0.39, 0.29) is 0 Å². The van der Waals surface area contributed by atoms with E-state index < -0.39 is 6.16 Å². The maximum Gasteiger partial charge on any atom is 0.511 e. The Bertz CT molecular complexity index is 510. The summed E-state index contributed by atoms with van der Waals surface area (Å²) in [6.07, 6.45) is 17.2. The summed E-state index contributed by atoms with van der Waals surface area (Å²) in [5.74, 6) is 0.539. The summed E-state index contributed by atoms with van der Waals surface area (Å²) in [4.78, 5) is 11.0. The number of rotatable bonds is 16. The molecule has 0 unspecified atom stereocenters. The van der Waals surface area contributed by atoms with Crippen LogP contribution in [-0.4, -0.2) is 11.3 Å². The van der Waals surface area contributed by atoms with E-state index in [0.29, 0.717) is 5.75 Å². The SMILES string of the molecule is CCCCCCCCCc1c(CCCCCCCC)cccc1OC(=O)O. The first-order valence-electron chi connectivity index (χ1n) is 11.2. The van der Waals surface area contributed by atoms with Crippen molar-refractivity contribution < 1.29 is 14.6 Å². The van der Waals surface area contributed by atoms with Gasteiger partial charge in [-0.15, -0.1) is 0 Å². The Balaban J connectivity index is 2.54. The van der Waals surface area contributed by atoms with Crippen molar-refractivity contribution in [1.82, 2.24) is 0 Å². The molecule has 1 aromatic rings. The van der Waals surface area contributed by atoms with Gasteiger partial charge in [0, 0.05) is 0 Å². The van der Waals surface area contributed by atoms with Crippen molar-refractivity contribution in [2.24, 2.45) is 0 Å². The molecule has 0 spiro atoms. The van der Waals surface area contributed by atoms with Crippen molar-refractivity contribution in [3.05, 3.63) is 29.3 Å². The number of hydrogen-bond donors (Lipinski definition) is 1. The van der Waals surface area contributed by atoms with Gasteiger partial charge in [0.1, 0.15) is 5.75 Å². The average molecular weight is 377 g/mol. The predicted molar refractivity (Wildman–Crippen MR) is 114 cm³/mol. The Labute approximate surface area is 166 Å². The fourth-order valence-electron chi connectivity index (χ4n) is 3.67. The summed E-state index contributed by atoms with van der Waals surface area (Å²) < 4.78 is 5.07. The van der Waals surface area contributed by atoms with Crippen LogP contribution < -0.4 is 4.74 Å². The third-order valence-corrected chi connectivity index (χ3v) is 5.26. The quantitative estimate of drug-likeness (QED) is 0.181. The average Bonchev–Trinajstić information content (AvgIpc) is 2.65. The van der Waals surface area contributed by atoms with Crippen molar-refractivity contribution in [2.75, 3.05) is 0 Å². The van der Waals surface area contributed by atoms with Gasteiger partial charge in [-0.2, -0.15) is 0 Å². The summed E-state index contributed by atoms with van der Waals surface area (Å²) in [5.41, 5.74) is 2.39. The van der Waals surface area contributed by atoms with Crippen LogP contribution in [0.15, 0.2) is 18.2 Å². The smallest absolute Gasteiger partial charge is 0.449 e. The van der Waals surface area contributed by atoms with E-state index in [1.807, 2.05) is 6.07 Å². The van der Waals surface area contributed by atoms with Gasteiger partial charge in [0.2, 0.25) is 0 Å². The van der Waals surface area contributed by atoms with Crippen LogP contribution in [0.1, 0.15) is 108 Å². The molecule has 0 atom stereocenters. The molecule has 0 bridgehead atoms. The number of hydrogen-bond acceptors (Lipinski definition) is 2. The van der Waals surface area contributed by atoms with Crippen LogP contribution in [0.25, 0.3) is 0 Å². The number of aryl methyl sites for hydroxylation is 1. The lowest BCUT2D eigenvalue weighted by molar-refractivity contribution is 0.144. The van der Waals surface area contributed by atoms with Crippen LogP contribution in [0.5, 0.6) is 5.75 Å². The summed E-state index contributed by atoms with van der Waals surface area (Å²) in [5, 5.41) is 9.05. The van der Waals surface area contributed by atoms with Gasteiger partial charge in [-0.3, -0.25) is 0 Å². The molecule has 0 saturated carbocycles. The van der Waals surface area contributed by atoms with Crippen LogP contribution in [0.4, 0.5) is 4.79 Å². The van der Waals surface area contributed by atoms with Gasteiger partial charge in [-0.1, -0.05) is 96.6 Å². The van der Waals surface area contributed by atoms with Gasteiger partial charge in [0.15, 0.2) is 0 Å². The Morgan fingerprint density at radius 1 is 0.778 bits per heavy atom. The number of ether oxygens (including phenoxy) is 1. The standard InChI is InChI=1S/C24H40O3/c1-3-5-7-9-11-13-15-19-22-21(17-14-12-10-8-6-4-2)18-16-20-23(22)27-24(25)26/h16,18,20H,3-15,17,19H2,1-2H3,(H,25,26). The molecule has 0 fully saturated rings. The van der Waals surface area contributed by atoms with E-state index >= 15 is 0 Å². The molecular formula is C24H40O3. The molecule has 0 aliphatic heterocycles. The van der Waals surface area contributed by atoms with Crippen molar-refractivity contribution in [2.45, 2.75) is 110 Å². The minimum Gasteiger partial charge on any atom is -0.449 e. The molecule has 3 nitrogen and oxygen atoms in total. The molecule has 154 valence electrons. The van der Waals surface area contributed by atoms with Crippen molar-refractivity contribution in [1.29, 1.82) is 0 Å². The minimum atomic E-state index is -1.22. The first-order valence-corrected chi connectivity index (χ1v) is 11.2. The molecule has 1 N–H and O–H groups in total. The predicted octanol–water partition coefficient (Wildman–Crippen LogP) is 7.94. The zero-order chi connectivity index (χ0) is 19.7. The molecule has 0 aliphatic carbocycles. The summed E-state index contributed by atoms with van der Waals surface area (Å²) in [7, 11) is 0. The summed E-state index contributed by atoms with van der Waals surface area (Å²) in [6.45, 7) is 4.48. The minimum absolute atomic E-state index is 0.539. The lowest BCUT2D eigenvalue weighted by Gasteiger charge is -2.14. The van der Waals surface area contributed by atoms with E-state index in [0.717, 1.165) is 24.8 Å². The fourth-order valence-corrected chi connectivity index (χ4v) is 3.67. The van der Waals surface area contributed by atoms with Gasteiger partial charge >= 0.3 is 6.16 Å². The molecule has 0 aliphatic rings. The third-order valence-electron chi connectivity index (χ3n) is 5.26. The lowest BCUT2D eigenvalue weighted by Crippen LogP contribution is -2.07. The normalized spacial score (nSPS) is 10.9. The molecular weight excluding hydrogens is 336 g/mol. The van der Waals surface area contributed by atoms with E-state index in [9.17, 15) is 4.79 Å². The molecule has 0 heterocycles. The number of benzene rings is 1. The van der Waals surface area contributed by atoms with Crippen LogP contribution in [0, 0.1) is 0 Å². The topological polar surface area (TPSA) is 46.5 Å². The van der Waals surface area contributed by atoms with Crippen LogP contribution >= 0.6 is 0 Å². The molecule has 1 rings (SSSR count). The number of unbranched alkanes of at least 4 members (excludes halogenated alkanes) is 11. The van der Waals surface area contributed by atoms with Gasteiger partial charge in [-0.25, -0.2) is 4.79 Å². The largest absolute Gasteiger partial charge is 0.511 e. The second-order valence-corrected chi connectivity index (χ2v) is 7.65. The highest BCUT2D eigenvalue weighted by atomic mass is 16.7. The Hall–Kier alpha value is -1.51. The van der Waals surface area contributed by atoms with E-state index in [1.54, 1.807) is 6.07 Å². The zero-order valence-electron chi connectivity index (χ0n) is 17.6. The molecule has 0 radical (unpaired) electrons. The second kappa shape index (κ2) is 15.5. The van der Waals surface area contributed by atoms with E-state index in [2.05, 4.69) is 19.9 Å². The number of carbonyl (C=O) groups is 1. The molecule has 3 heteroatoms. The third kappa shape index (κ3) is 11.0. The van der Waals surface area contributed by atoms with E-state index in [1.165, 1.54) is 82.6 Å². The molecule has 1 aromatic carbocycles. The highest BCUT2D eigenvalue weighted by molar-refractivity contribution is 5.62. The Morgan fingerprint density at radius 3 is 1.85 bits per heavy atom. The van der Waals surface area contributed by atoms with E-state index in [4.69, 9.17) is 9.84 Å². The van der Waals surface area contributed by atoms with Gasteiger partial charge in [0.25, 0.3) is 0 Å². The monoisotopic (exact) mass is 376 g/mol. The molecule has 27 heavy (non-hydrogen) atoms. The van der Waals surface area contributed by atoms with Crippen molar-refractivity contribution >= 4 is 6.16 Å². The first kappa shape index (κ1) is 23.5. The second-order valence-electron chi connectivity index (χ2n) is 7.65. The lowest BCUT2D eigenvalue weighted by atomic mass is 9.95. The maximum atomic E-state index is 11.0. The van der Waals surface area contributed by atoms with Crippen LogP contribution in [-0.2, 0) is 12.8 Å². The van der Waals surface area contributed by atoms with Gasteiger partial charge < -0.3 is 9.84 Å². The summed E-state index contributed by atoms with van der Waals surface area (Å²) >= 11 is 0. The van der Waals surface area contributed by atoms with Crippen LogP contribution in [0.2, 0.25) is 0 Å². The van der Waals surface area contributed by atoms with Crippen molar-refractivity contribution in [3.8, 4) is 5.75 Å². The molecule has 0 amide bonds. The summed E-state index contributed by atoms with van der Waals surface area (Å²) in [6, 6.07) is 5.88. The Morgan fingerprint density at radius 2 is 1.30 bits per heavy atom. The van der Waals surface area contributed by atoms with Crippen LogP contribution in [0.3, 0.4) is 0 Å². The highest BCUT2D eigenvalue weighted by Crippen LogP contribution is 2.27. The number of carboxylic acid groups (broad SMARTS) is 1. The molecule has 0 aromatic heterocycles. The highest BCUT2D eigenvalue weighted by Gasteiger charge is 2.12. The maximum absolute atomic E-state index is 11.0. The first-order chi connectivity index (χ1) is 13.2. The van der Waals surface area contributed by atoms with Gasteiger partial charge in [-0.05, 0) is 42.9 Å². The zero-order valence-corrected chi connectivity index (χ0v) is 17.6.